The number of aromatic nitrogens is 1. The van der Waals surface area contributed by atoms with E-state index in [-0.39, 0.29) is 0 Å². The van der Waals surface area contributed by atoms with Crippen molar-refractivity contribution in [1.29, 1.82) is 0 Å². The predicted molar refractivity (Wildman–Crippen MR) is 79.6 cm³/mol. The summed E-state index contributed by atoms with van der Waals surface area (Å²) in [5.74, 6) is 0.944. The molecule has 0 saturated carbocycles. The number of hydrogen-bond acceptors (Lipinski definition) is 5. The first-order chi connectivity index (χ1) is 8.83. The van der Waals surface area contributed by atoms with Gasteiger partial charge in [0.15, 0.2) is 4.34 Å². The highest BCUT2D eigenvalue weighted by Crippen LogP contribution is 2.30. The van der Waals surface area contributed by atoms with Gasteiger partial charge in [-0.1, -0.05) is 20.3 Å². The third-order valence-electron chi connectivity index (χ3n) is 2.41. The van der Waals surface area contributed by atoms with Gasteiger partial charge in [0.1, 0.15) is 5.75 Å². The third kappa shape index (κ3) is 3.60. The molecule has 1 aromatic heterocycles. The van der Waals surface area contributed by atoms with Crippen molar-refractivity contribution in [2.45, 2.75) is 31.0 Å². The Morgan fingerprint density at radius 1 is 1.39 bits per heavy atom. The van der Waals surface area contributed by atoms with E-state index in [1.54, 1.807) is 23.3 Å². The quantitative estimate of drug-likeness (QED) is 0.612. The zero-order valence-electron chi connectivity index (χ0n) is 10.7. The van der Waals surface area contributed by atoms with Crippen LogP contribution in [-0.2, 0) is 0 Å². The molecule has 1 heterocycles. The Labute approximate surface area is 116 Å². The molecule has 1 aromatic carbocycles. The van der Waals surface area contributed by atoms with E-state index in [4.69, 9.17) is 4.74 Å². The van der Waals surface area contributed by atoms with Gasteiger partial charge < -0.3 is 4.74 Å². The largest absolute Gasteiger partial charge is 0.494 e. The van der Waals surface area contributed by atoms with Crippen LogP contribution in [0.25, 0.3) is 10.2 Å². The number of benzene rings is 1. The lowest BCUT2D eigenvalue weighted by Gasteiger charge is -2.04. The molecule has 0 aliphatic heterocycles. The molecular weight excluding hydrogens is 264 g/mol. The number of hydrogen-bond donors (Lipinski definition) is 1. The van der Waals surface area contributed by atoms with Crippen molar-refractivity contribution in [2.24, 2.45) is 0 Å². The second-order valence-corrected chi connectivity index (χ2v) is 6.08. The lowest BCUT2D eigenvalue weighted by molar-refractivity contribution is 0.310. The number of rotatable bonds is 7. The summed E-state index contributed by atoms with van der Waals surface area (Å²) in [5.41, 5.74) is 1.04. The molecule has 98 valence electrons. The molecule has 0 aliphatic rings. The highest BCUT2D eigenvalue weighted by molar-refractivity contribution is 7.99. The van der Waals surface area contributed by atoms with Crippen LogP contribution in [-0.4, -0.2) is 18.1 Å². The van der Waals surface area contributed by atoms with Crippen molar-refractivity contribution in [1.82, 2.24) is 9.71 Å². The lowest BCUT2D eigenvalue weighted by atomic mass is 10.3. The number of unbranched alkanes of at least 4 members (excludes halogenated alkanes) is 1. The summed E-state index contributed by atoms with van der Waals surface area (Å²) in [5, 5.41) is 0. The van der Waals surface area contributed by atoms with E-state index in [0.29, 0.717) is 0 Å². The Bertz CT molecular complexity index is 499. The zero-order chi connectivity index (χ0) is 12.8. The molecule has 0 atom stereocenters. The van der Waals surface area contributed by atoms with Gasteiger partial charge in [-0.15, -0.1) is 11.3 Å². The summed E-state index contributed by atoms with van der Waals surface area (Å²) in [6.45, 7) is 5.98. The van der Waals surface area contributed by atoms with E-state index in [9.17, 15) is 0 Å². The van der Waals surface area contributed by atoms with Crippen molar-refractivity contribution < 1.29 is 4.74 Å². The Hall–Kier alpha value is -0.780. The second kappa shape index (κ2) is 6.97. The van der Waals surface area contributed by atoms with Crippen LogP contribution < -0.4 is 9.46 Å². The molecule has 0 saturated heterocycles. The van der Waals surface area contributed by atoms with Crippen molar-refractivity contribution >= 4 is 33.5 Å². The molecule has 0 aliphatic carbocycles. The SMILES string of the molecule is CCCCOc1ccc2nc(SNCC)sc2c1. The third-order valence-corrected chi connectivity index (χ3v) is 4.42. The lowest BCUT2D eigenvalue weighted by Crippen LogP contribution is -1.99. The van der Waals surface area contributed by atoms with Gasteiger partial charge in [-0.25, -0.2) is 4.98 Å². The minimum Gasteiger partial charge on any atom is -0.494 e. The molecule has 2 rings (SSSR count). The molecule has 0 unspecified atom stereocenters. The standard InChI is InChI=1S/C13H18N2OS2/c1-3-5-8-16-10-6-7-11-12(9-10)17-13(15-11)18-14-4-2/h6-7,9,14H,3-5,8H2,1-2H3. The summed E-state index contributed by atoms with van der Waals surface area (Å²) in [7, 11) is 0. The summed E-state index contributed by atoms with van der Waals surface area (Å²) < 4.78 is 11.2. The van der Waals surface area contributed by atoms with Crippen LogP contribution in [0.2, 0.25) is 0 Å². The minimum absolute atomic E-state index is 0.791. The van der Waals surface area contributed by atoms with Crippen LogP contribution in [0.15, 0.2) is 22.5 Å². The molecule has 0 amide bonds. The van der Waals surface area contributed by atoms with Crippen LogP contribution in [0.5, 0.6) is 5.75 Å². The molecule has 0 spiro atoms. The maximum Gasteiger partial charge on any atom is 0.166 e. The van der Waals surface area contributed by atoms with Gasteiger partial charge in [0.25, 0.3) is 0 Å². The molecule has 0 bridgehead atoms. The number of thiazole rings is 1. The normalized spacial score (nSPS) is 11.0. The van der Waals surface area contributed by atoms with Crippen molar-refractivity contribution in [3.63, 3.8) is 0 Å². The highest BCUT2D eigenvalue weighted by atomic mass is 32.2. The summed E-state index contributed by atoms with van der Waals surface area (Å²) >= 11 is 3.29. The zero-order valence-corrected chi connectivity index (χ0v) is 12.4. The maximum atomic E-state index is 5.70. The molecule has 1 N–H and O–H groups in total. The first kappa shape index (κ1) is 13.6. The van der Waals surface area contributed by atoms with Crippen LogP contribution in [0.3, 0.4) is 0 Å². The van der Waals surface area contributed by atoms with Crippen LogP contribution in [0.4, 0.5) is 0 Å². The van der Waals surface area contributed by atoms with E-state index in [2.05, 4.69) is 29.6 Å². The Balaban J connectivity index is 2.07. The van der Waals surface area contributed by atoms with E-state index < -0.39 is 0 Å². The Kier molecular flexibility index (Phi) is 5.28. The van der Waals surface area contributed by atoms with Gasteiger partial charge in [-0.2, -0.15) is 0 Å². The Morgan fingerprint density at radius 3 is 3.06 bits per heavy atom. The second-order valence-electron chi connectivity index (χ2n) is 3.91. The summed E-state index contributed by atoms with van der Waals surface area (Å²) in [6, 6.07) is 6.11. The number of fused-ring (bicyclic) bond motifs is 1. The minimum atomic E-state index is 0.791. The van der Waals surface area contributed by atoms with Gasteiger partial charge >= 0.3 is 0 Å². The number of ether oxygens (including phenoxy) is 1. The van der Waals surface area contributed by atoms with E-state index in [1.807, 2.05) is 12.1 Å². The van der Waals surface area contributed by atoms with E-state index >= 15 is 0 Å². The van der Waals surface area contributed by atoms with Gasteiger partial charge in [0.05, 0.1) is 16.8 Å². The summed E-state index contributed by atoms with van der Waals surface area (Å²) in [6.07, 6.45) is 2.26. The maximum absolute atomic E-state index is 5.70. The topological polar surface area (TPSA) is 34.1 Å². The molecular formula is C13H18N2OS2. The van der Waals surface area contributed by atoms with Crippen LogP contribution in [0.1, 0.15) is 26.7 Å². The van der Waals surface area contributed by atoms with Gasteiger partial charge in [0.2, 0.25) is 0 Å². The molecule has 2 aromatic rings. The highest BCUT2D eigenvalue weighted by Gasteiger charge is 2.05. The average Bonchev–Trinajstić information content (AvgIpc) is 2.78. The molecule has 0 fully saturated rings. The van der Waals surface area contributed by atoms with Crippen LogP contribution >= 0.6 is 23.3 Å². The fraction of sp³-hybridized carbons (Fsp3) is 0.462. The Morgan fingerprint density at radius 2 is 2.28 bits per heavy atom. The van der Waals surface area contributed by atoms with Gasteiger partial charge in [0, 0.05) is 6.54 Å². The average molecular weight is 282 g/mol. The fourth-order valence-electron chi connectivity index (χ4n) is 1.49. The number of nitrogens with zero attached hydrogens (tertiary/aromatic N) is 1. The number of nitrogens with one attached hydrogen (secondary N) is 1. The van der Waals surface area contributed by atoms with Crippen molar-refractivity contribution in [3.8, 4) is 5.75 Å². The van der Waals surface area contributed by atoms with E-state index in [0.717, 1.165) is 41.6 Å². The molecule has 0 radical (unpaired) electrons. The molecule has 3 nitrogen and oxygen atoms in total. The summed E-state index contributed by atoms with van der Waals surface area (Å²) in [4.78, 5) is 4.55. The predicted octanol–water partition coefficient (Wildman–Crippen LogP) is 4.09. The first-order valence-electron chi connectivity index (χ1n) is 6.26. The van der Waals surface area contributed by atoms with Gasteiger partial charge in [-0.3, -0.25) is 4.72 Å². The van der Waals surface area contributed by atoms with Crippen molar-refractivity contribution in [3.05, 3.63) is 18.2 Å². The fourth-order valence-corrected chi connectivity index (χ4v) is 3.24. The van der Waals surface area contributed by atoms with Crippen LogP contribution in [0, 0.1) is 0 Å². The first-order valence-corrected chi connectivity index (χ1v) is 7.90. The molecule has 5 heteroatoms. The van der Waals surface area contributed by atoms with E-state index in [1.165, 1.54) is 4.70 Å². The van der Waals surface area contributed by atoms with Crippen molar-refractivity contribution in [2.75, 3.05) is 13.2 Å². The van der Waals surface area contributed by atoms with Gasteiger partial charge in [-0.05, 0) is 36.6 Å². The monoisotopic (exact) mass is 282 g/mol. The smallest absolute Gasteiger partial charge is 0.166 e. The molecule has 18 heavy (non-hydrogen) atoms.